The fourth-order valence-corrected chi connectivity index (χ4v) is 10.1. The number of rotatable bonds is 9. The highest BCUT2D eigenvalue weighted by Crippen LogP contribution is 2.47. The van der Waals surface area contributed by atoms with Crippen LogP contribution in [0.25, 0.3) is 66.8 Å². The molecule has 8 rings (SSSR count). The molecule has 0 heterocycles. The molecule has 8 aromatic carbocycles. The van der Waals surface area contributed by atoms with Gasteiger partial charge in [-0.15, -0.1) is 0 Å². The van der Waals surface area contributed by atoms with Crippen molar-refractivity contribution < 1.29 is 0 Å². The maximum atomic E-state index is 5.79. The van der Waals surface area contributed by atoms with Crippen LogP contribution in [-0.2, 0) is 32.5 Å². The molecule has 0 spiro atoms. The molecule has 0 aliphatic heterocycles. The predicted octanol–water partition coefficient (Wildman–Crippen LogP) is 22.4. The third kappa shape index (κ3) is 13.0. The minimum absolute atomic E-state index is 0.0103. The zero-order valence-electron chi connectivity index (χ0n) is 51.1. The molecular formula is C76H88N2. The molecule has 2 nitrogen and oxygen atoms in total. The molecule has 0 radical (unpaired) electrons. The fraction of sp³-hybridized carbons (Fsp3) is 0.342. The molecule has 0 aliphatic carbocycles. The van der Waals surface area contributed by atoms with Gasteiger partial charge in [-0.05, 0) is 148 Å². The summed E-state index contributed by atoms with van der Waals surface area (Å²) in [4.78, 5) is 11.6. The Labute approximate surface area is 471 Å². The Hall–Kier alpha value is -6.90. The molecule has 0 bridgehead atoms. The molecule has 0 saturated heterocycles. The van der Waals surface area contributed by atoms with Crippen LogP contribution >= 0.6 is 0 Å². The normalized spacial score (nSPS) is 13.3. The van der Waals surface area contributed by atoms with E-state index >= 15 is 0 Å². The lowest BCUT2D eigenvalue weighted by atomic mass is 9.84. The van der Waals surface area contributed by atoms with E-state index in [0.29, 0.717) is 0 Å². The monoisotopic (exact) mass is 1030 g/mol. The van der Waals surface area contributed by atoms with Crippen molar-refractivity contribution in [1.82, 2.24) is 0 Å². The topological polar surface area (TPSA) is 24.7 Å². The highest BCUT2D eigenvalue weighted by molar-refractivity contribution is 6.42. The molecule has 0 amide bonds. The van der Waals surface area contributed by atoms with Gasteiger partial charge in [0.2, 0.25) is 0 Å². The Kier molecular flexibility index (Phi) is 15.7. The summed E-state index contributed by atoms with van der Waals surface area (Å²) in [6.07, 6.45) is 0. The molecule has 0 aliphatic rings. The van der Waals surface area contributed by atoms with E-state index in [9.17, 15) is 0 Å². The summed E-state index contributed by atoms with van der Waals surface area (Å²) in [5.74, 6) is 0. The maximum Gasteiger partial charge on any atom is 0.0790 e. The SMILES string of the molecule is CC(=Nc1c(-c2ccc(C(C)(C)C)cc2)cc(-c2ccc(C(C)(C)C)cc2)cc1-c1ccc(C(C)(C)C)cc1)C(C)=Nc1c(-c2ccc(C(C)(C)C)cc2)cc(-c2ccc(C(C)(C)C)cc2)cc1-c1ccc(C(C)(C)C)cc1. The van der Waals surface area contributed by atoms with Crippen LogP contribution in [0.5, 0.6) is 0 Å². The van der Waals surface area contributed by atoms with E-state index in [1.807, 2.05) is 0 Å². The van der Waals surface area contributed by atoms with E-state index in [1.54, 1.807) is 0 Å². The van der Waals surface area contributed by atoms with Gasteiger partial charge in [0.25, 0.3) is 0 Å². The highest BCUT2D eigenvalue weighted by Gasteiger charge is 2.24. The van der Waals surface area contributed by atoms with Gasteiger partial charge < -0.3 is 0 Å². The lowest BCUT2D eigenvalue weighted by molar-refractivity contribution is 0.590. The molecule has 78 heavy (non-hydrogen) atoms. The smallest absolute Gasteiger partial charge is 0.0790 e. The standard InChI is InChI=1S/C76H88N2/c1-49(77-69-65(53-25-37-61(38-26-53)73(9,10)11)45-57(51-21-33-59(34-22-51)71(3,4)5)46-66(69)54-27-39-62(40-28-54)74(12,13)14)50(2)78-70-67(55-29-41-63(42-30-55)75(15,16)17)47-58(52-23-35-60(36-24-52)72(6,7)8)48-68(70)56-31-43-64(44-32-56)76(18,19)20/h21-48H,1-20H3. The molecule has 402 valence electrons. The number of nitrogens with zero attached hydrogens (tertiary/aromatic N) is 2. The lowest BCUT2D eigenvalue weighted by Crippen LogP contribution is -2.10. The van der Waals surface area contributed by atoms with Crippen LogP contribution in [0.3, 0.4) is 0 Å². The highest BCUT2D eigenvalue weighted by atomic mass is 14.8. The van der Waals surface area contributed by atoms with Crippen molar-refractivity contribution in [3.8, 4) is 66.8 Å². The van der Waals surface area contributed by atoms with Crippen molar-refractivity contribution in [3.05, 3.63) is 203 Å². The summed E-state index contributed by atoms with van der Waals surface area (Å²) in [6, 6.07) is 64.4. The molecule has 2 heteroatoms. The molecule has 8 aromatic rings. The molecule has 0 N–H and O–H groups in total. The third-order valence-electron chi connectivity index (χ3n) is 15.7. The maximum absolute atomic E-state index is 5.79. The second kappa shape index (κ2) is 21.4. The molecule has 0 unspecified atom stereocenters. The minimum atomic E-state index is 0.0103. The Balaban J connectivity index is 1.41. The van der Waals surface area contributed by atoms with E-state index in [1.165, 1.54) is 44.5 Å². The summed E-state index contributed by atoms with van der Waals surface area (Å²) in [7, 11) is 0. The summed E-state index contributed by atoms with van der Waals surface area (Å²) in [6.45, 7) is 45.3. The first-order chi connectivity index (χ1) is 36.3. The second-order valence-electron chi connectivity index (χ2n) is 28.2. The number of aliphatic imine (C=N–C) groups is 2. The van der Waals surface area contributed by atoms with Crippen LogP contribution in [0.15, 0.2) is 180 Å². The Bertz CT molecular complexity index is 3070. The average Bonchev–Trinajstić information content (AvgIpc) is 3.39. The first-order valence-electron chi connectivity index (χ1n) is 28.4. The second-order valence-corrected chi connectivity index (χ2v) is 28.2. The summed E-state index contributed by atoms with van der Waals surface area (Å²) >= 11 is 0. The largest absolute Gasteiger partial charge is 0.251 e. The first-order valence-corrected chi connectivity index (χ1v) is 28.4. The lowest BCUT2D eigenvalue weighted by Gasteiger charge is -2.22. The number of benzene rings is 8. The van der Waals surface area contributed by atoms with Gasteiger partial charge in [0.05, 0.1) is 22.8 Å². The minimum Gasteiger partial charge on any atom is -0.251 e. The van der Waals surface area contributed by atoms with Crippen molar-refractivity contribution in [3.63, 3.8) is 0 Å². The first kappa shape index (κ1) is 57.3. The number of hydrogen-bond acceptors (Lipinski definition) is 2. The van der Waals surface area contributed by atoms with Crippen LogP contribution in [0.4, 0.5) is 11.4 Å². The Morgan fingerprint density at radius 1 is 0.218 bits per heavy atom. The molecule has 0 saturated carbocycles. The van der Waals surface area contributed by atoms with Crippen molar-refractivity contribution in [2.45, 2.75) is 171 Å². The van der Waals surface area contributed by atoms with E-state index in [4.69, 9.17) is 9.98 Å². The van der Waals surface area contributed by atoms with Gasteiger partial charge in [-0.2, -0.15) is 0 Å². The fourth-order valence-electron chi connectivity index (χ4n) is 10.1. The van der Waals surface area contributed by atoms with E-state index in [2.05, 4.69) is 308 Å². The zero-order chi connectivity index (χ0) is 56.9. The van der Waals surface area contributed by atoms with E-state index in [0.717, 1.165) is 78.4 Å². The van der Waals surface area contributed by atoms with Gasteiger partial charge in [0.15, 0.2) is 0 Å². The predicted molar refractivity (Wildman–Crippen MR) is 343 cm³/mol. The van der Waals surface area contributed by atoms with Gasteiger partial charge in [-0.1, -0.05) is 270 Å². The van der Waals surface area contributed by atoms with E-state index in [-0.39, 0.29) is 32.5 Å². The number of hydrogen-bond donors (Lipinski definition) is 0. The molecule has 0 fully saturated rings. The molecular weight excluding hydrogens is 941 g/mol. The van der Waals surface area contributed by atoms with Gasteiger partial charge in [0, 0.05) is 22.3 Å². The Morgan fingerprint density at radius 3 is 0.526 bits per heavy atom. The summed E-state index contributed by atoms with van der Waals surface area (Å²) in [5.41, 5.74) is 24.9. The average molecular weight is 1030 g/mol. The summed E-state index contributed by atoms with van der Waals surface area (Å²) in [5, 5.41) is 0. The van der Waals surface area contributed by atoms with Crippen LogP contribution in [0.2, 0.25) is 0 Å². The Morgan fingerprint density at radius 2 is 0.372 bits per heavy atom. The molecule has 0 atom stereocenters. The van der Waals surface area contributed by atoms with E-state index < -0.39 is 0 Å². The van der Waals surface area contributed by atoms with Gasteiger partial charge in [0.1, 0.15) is 0 Å². The van der Waals surface area contributed by atoms with Crippen molar-refractivity contribution in [1.29, 1.82) is 0 Å². The quantitative estimate of drug-likeness (QED) is 0.129. The van der Waals surface area contributed by atoms with Crippen LogP contribution in [0, 0.1) is 0 Å². The van der Waals surface area contributed by atoms with Crippen LogP contribution in [0.1, 0.15) is 172 Å². The summed E-state index contributed by atoms with van der Waals surface area (Å²) < 4.78 is 0. The zero-order valence-corrected chi connectivity index (χ0v) is 51.1. The van der Waals surface area contributed by atoms with Crippen molar-refractivity contribution in [2.24, 2.45) is 9.98 Å². The third-order valence-corrected chi connectivity index (χ3v) is 15.7. The van der Waals surface area contributed by atoms with Gasteiger partial charge in [-0.3, -0.25) is 9.98 Å². The van der Waals surface area contributed by atoms with Crippen LogP contribution in [-0.4, -0.2) is 11.4 Å². The van der Waals surface area contributed by atoms with Crippen LogP contribution < -0.4 is 0 Å². The van der Waals surface area contributed by atoms with Gasteiger partial charge >= 0.3 is 0 Å². The molecule has 0 aromatic heterocycles. The van der Waals surface area contributed by atoms with Crippen molar-refractivity contribution in [2.75, 3.05) is 0 Å². The van der Waals surface area contributed by atoms with Gasteiger partial charge in [-0.25, -0.2) is 0 Å². The van der Waals surface area contributed by atoms with Crippen molar-refractivity contribution >= 4 is 22.8 Å².